The van der Waals surface area contributed by atoms with Crippen LogP contribution >= 0.6 is 0 Å². The van der Waals surface area contributed by atoms with Crippen molar-refractivity contribution in [2.24, 2.45) is 0 Å². The maximum atomic E-state index is 11.9. The van der Waals surface area contributed by atoms with Crippen LogP contribution in [0.25, 0.3) is 11.0 Å². The molecule has 2 atom stereocenters. The normalized spacial score (nSPS) is 26.0. The molecule has 0 bridgehead atoms. The molecule has 4 rings (SSSR count). The molecule has 128 valence electrons. The highest BCUT2D eigenvalue weighted by Gasteiger charge is 2.46. The lowest BCUT2D eigenvalue weighted by Gasteiger charge is -2.23. The van der Waals surface area contributed by atoms with Crippen molar-refractivity contribution < 1.29 is 18.6 Å². The molecule has 2 aromatic rings. The second-order valence-corrected chi connectivity index (χ2v) is 6.86. The van der Waals surface area contributed by atoms with Crippen molar-refractivity contribution in [3.8, 4) is 5.75 Å². The summed E-state index contributed by atoms with van der Waals surface area (Å²) in [7, 11) is 1.59. The van der Waals surface area contributed by atoms with Crippen LogP contribution in [0.3, 0.4) is 0 Å². The first-order valence-corrected chi connectivity index (χ1v) is 8.12. The average molecular weight is 331 g/mol. The predicted octanol–water partition coefficient (Wildman–Crippen LogP) is 2.14. The number of hydrogen-bond acceptors (Lipinski definition) is 6. The number of rotatable bonds is 3. The van der Waals surface area contributed by atoms with Crippen LogP contribution in [0, 0.1) is 0 Å². The van der Waals surface area contributed by atoms with Crippen molar-refractivity contribution in [1.29, 1.82) is 0 Å². The summed E-state index contributed by atoms with van der Waals surface area (Å²) in [4.78, 5) is 14.1. The quantitative estimate of drug-likeness (QED) is 0.803. The molecule has 2 aliphatic rings. The third-order valence-electron chi connectivity index (χ3n) is 4.59. The van der Waals surface area contributed by atoms with E-state index in [0.29, 0.717) is 17.9 Å². The fraction of sp³-hybridized carbons (Fsp3) is 0.500. The minimum atomic E-state index is -0.501. The van der Waals surface area contributed by atoms with Gasteiger partial charge < -0.3 is 18.6 Å². The van der Waals surface area contributed by atoms with Gasteiger partial charge in [-0.3, -0.25) is 4.90 Å². The second kappa shape index (κ2) is 5.58. The highest BCUT2D eigenvalue weighted by Crippen LogP contribution is 2.34. The van der Waals surface area contributed by atoms with Crippen LogP contribution < -0.4 is 10.4 Å². The molecule has 24 heavy (non-hydrogen) atoms. The fourth-order valence-electron chi connectivity index (χ4n) is 3.64. The van der Waals surface area contributed by atoms with E-state index < -0.39 is 5.79 Å². The average Bonchev–Trinajstić information content (AvgIpc) is 2.98. The Balaban J connectivity index is 1.58. The molecule has 0 amide bonds. The number of nitrogens with zero attached hydrogens (tertiary/aromatic N) is 1. The Hall–Kier alpha value is -1.89. The minimum Gasteiger partial charge on any atom is -0.497 e. The smallest absolute Gasteiger partial charge is 0.336 e. The Kier molecular flexibility index (Phi) is 3.63. The zero-order chi connectivity index (χ0) is 16.9. The van der Waals surface area contributed by atoms with Gasteiger partial charge in [0.25, 0.3) is 0 Å². The van der Waals surface area contributed by atoms with Crippen molar-refractivity contribution in [2.45, 2.75) is 38.4 Å². The predicted molar refractivity (Wildman–Crippen MR) is 88.1 cm³/mol. The lowest BCUT2D eigenvalue weighted by Crippen LogP contribution is -2.30. The van der Waals surface area contributed by atoms with E-state index in [2.05, 4.69) is 4.90 Å². The van der Waals surface area contributed by atoms with Crippen molar-refractivity contribution in [1.82, 2.24) is 4.90 Å². The van der Waals surface area contributed by atoms with Gasteiger partial charge >= 0.3 is 5.63 Å². The maximum Gasteiger partial charge on any atom is 0.336 e. The van der Waals surface area contributed by atoms with Gasteiger partial charge in [-0.25, -0.2) is 4.79 Å². The van der Waals surface area contributed by atoms with E-state index in [0.717, 1.165) is 24.0 Å². The molecule has 2 aliphatic heterocycles. The Morgan fingerprint density at radius 3 is 2.58 bits per heavy atom. The van der Waals surface area contributed by atoms with Crippen LogP contribution in [0.4, 0.5) is 0 Å². The topological polar surface area (TPSA) is 61.1 Å². The molecule has 0 aliphatic carbocycles. The van der Waals surface area contributed by atoms with E-state index in [1.807, 2.05) is 26.0 Å². The van der Waals surface area contributed by atoms with Crippen molar-refractivity contribution in [2.75, 3.05) is 20.2 Å². The number of benzene rings is 1. The molecular weight excluding hydrogens is 310 g/mol. The van der Waals surface area contributed by atoms with Gasteiger partial charge in [0.1, 0.15) is 23.5 Å². The Morgan fingerprint density at radius 2 is 1.92 bits per heavy atom. The van der Waals surface area contributed by atoms with Crippen molar-refractivity contribution in [3.63, 3.8) is 0 Å². The molecule has 0 unspecified atom stereocenters. The van der Waals surface area contributed by atoms with Crippen molar-refractivity contribution >= 4 is 11.0 Å². The van der Waals surface area contributed by atoms with Gasteiger partial charge in [-0.15, -0.1) is 0 Å². The summed E-state index contributed by atoms with van der Waals surface area (Å²) in [5, 5.41) is 0.926. The number of likely N-dealkylation sites (tertiary alicyclic amines) is 1. The molecule has 3 heterocycles. The third kappa shape index (κ3) is 2.81. The summed E-state index contributed by atoms with van der Waals surface area (Å²) in [6.45, 7) is 6.14. The summed E-state index contributed by atoms with van der Waals surface area (Å²) in [6, 6.07) is 7.11. The number of fused-ring (bicyclic) bond motifs is 2. The van der Waals surface area contributed by atoms with Gasteiger partial charge in [-0.1, -0.05) is 0 Å². The van der Waals surface area contributed by atoms with E-state index in [1.165, 1.54) is 0 Å². The summed E-state index contributed by atoms with van der Waals surface area (Å²) in [5.41, 5.74) is 1.15. The van der Waals surface area contributed by atoms with Crippen molar-refractivity contribution in [3.05, 3.63) is 40.2 Å². The SMILES string of the molecule is COc1ccc2c(CN3C[C@@H]4OC(C)(C)O[C@@H]4C3)cc(=O)oc2c1. The number of ether oxygens (including phenoxy) is 3. The lowest BCUT2D eigenvalue weighted by atomic mass is 10.1. The molecule has 0 radical (unpaired) electrons. The van der Waals surface area contributed by atoms with Crippen LogP contribution in [-0.2, 0) is 16.0 Å². The van der Waals surface area contributed by atoms with E-state index in [1.54, 1.807) is 19.2 Å². The van der Waals surface area contributed by atoms with Gasteiger partial charge in [0.15, 0.2) is 5.79 Å². The second-order valence-electron chi connectivity index (χ2n) is 6.86. The maximum absolute atomic E-state index is 11.9. The van der Waals surface area contributed by atoms with E-state index in [4.69, 9.17) is 18.6 Å². The van der Waals surface area contributed by atoms with Gasteiger partial charge in [-0.05, 0) is 31.5 Å². The van der Waals surface area contributed by atoms with Gasteiger partial charge in [-0.2, -0.15) is 0 Å². The molecule has 2 fully saturated rings. The monoisotopic (exact) mass is 331 g/mol. The first kappa shape index (κ1) is 15.6. The van der Waals surface area contributed by atoms with Crippen LogP contribution in [0.5, 0.6) is 5.75 Å². The Bertz CT molecular complexity index is 812. The van der Waals surface area contributed by atoms with E-state index in [9.17, 15) is 4.79 Å². The van der Waals surface area contributed by atoms with Crippen LogP contribution in [-0.4, -0.2) is 43.1 Å². The molecular formula is C18H21NO5. The number of methoxy groups -OCH3 is 1. The highest BCUT2D eigenvalue weighted by molar-refractivity contribution is 5.81. The van der Waals surface area contributed by atoms with Gasteiger partial charge in [0.05, 0.1) is 7.11 Å². The molecule has 2 saturated heterocycles. The summed E-state index contributed by atoms with van der Waals surface area (Å²) < 4.78 is 22.4. The van der Waals surface area contributed by atoms with Gasteiger partial charge in [0, 0.05) is 37.2 Å². The zero-order valence-electron chi connectivity index (χ0n) is 14.1. The molecule has 0 saturated carbocycles. The van der Waals surface area contributed by atoms with Crippen LogP contribution in [0.15, 0.2) is 33.5 Å². The molecule has 0 N–H and O–H groups in total. The fourth-order valence-corrected chi connectivity index (χ4v) is 3.64. The summed E-state index contributed by atoms with van der Waals surface area (Å²) >= 11 is 0. The third-order valence-corrected chi connectivity index (χ3v) is 4.59. The van der Waals surface area contributed by atoms with Crippen LogP contribution in [0.2, 0.25) is 0 Å². The minimum absolute atomic E-state index is 0.0893. The molecule has 1 aromatic carbocycles. The first-order valence-electron chi connectivity index (χ1n) is 8.12. The molecule has 1 aromatic heterocycles. The standard InChI is InChI=1S/C18H21NO5/c1-18(2)23-15-9-19(10-16(15)24-18)8-11-6-17(20)22-14-7-12(21-3)4-5-13(11)14/h4-7,15-16H,8-10H2,1-3H3/t15-,16+. The number of hydrogen-bond donors (Lipinski definition) is 0. The Morgan fingerprint density at radius 1 is 1.21 bits per heavy atom. The molecule has 0 spiro atoms. The van der Waals surface area contributed by atoms with E-state index in [-0.39, 0.29) is 17.8 Å². The summed E-state index contributed by atoms with van der Waals surface area (Å²) in [6.07, 6.45) is 0.179. The largest absolute Gasteiger partial charge is 0.497 e. The molecule has 6 heteroatoms. The molecule has 6 nitrogen and oxygen atoms in total. The summed E-state index contributed by atoms with van der Waals surface area (Å²) in [5.74, 6) is 0.168. The van der Waals surface area contributed by atoms with Gasteiger partial charge in [0.2, 0.25) is 0 Å². The first-order chi connectivity index (χ1) is 11.4. The van der Waals surface area contributed by atoms with Crippen LogP contribution in [0.1, 0.15) is 19.4 Å². The van der Waals surface area contributed by atoms with E-state index >= 15 is 0 Å². The Labute approximate surface area is 139 Å². The lowest BCUT2D eigenvalue weighted by molar-refractivity contribution is -0.155. The zero-order valence-corrected chi connectivity index (χ0v) is 14.1. The highest BCUT2D eigenvalue weighted by atomic mass is 16.8.